The molecule has 0 atom stereocenters. The third kappa shape index (κ3) is 4.10. The first-order valence-corrected chi connectivity index (χ1v) is 12.1. The van der Waals surface area contributed by atoms with E-state index < -0.39 is 0 Å². The first-order valence-electron chi connectivity index (χ1n) is 10.3. The van der Waals surface area contributed by atoms with Crippen molar-refractivity contribution in [1.82, 2.24) is 15.5 Å². The molecule has 1 heterocycles. The molecule has 8 heteroatoms. The van der Waals surface area contributed by atoms with Gasteiger partial charge in [-0.1, -0.05) is 35.2 Å². The van der Waals surface area contributed by atoms with E-state index in [9.17, 15) is 4.79 Å². The molecular weight excluding hydrogens is 404 g/mol. The molecule has 1 amide bonds. The molecule has 29 heavy (non-hydrogen) atoms. The minimum Gasteiger partial charge on any atom is -0.495 e. The van der Waals surface area contributed by atoms with Crippen LogP contribution in [0.1, 0.15) is 38.5 Å². The molecule has 4 bridgehead atoms. The quantitative estimate of drug-likeness (QED) is 0.632. The fourth-order valence-corrected chi connectivity index (χ4v) is 7.47. The van der Waals surface area contributed by atoms with Crippen LogP contribution in [0.25, 0.3) is 0 Å². The minimum absolute atomic E-state index is 0.0735. The van der Waals surface area contributed by atoms with Gasteiger partial charge in [-0.2, -0.15) is 0 Å². The SMILES string of the molecule is COc1ccccc1Nc1nnc(SCC(=O)NC23CC4CC(CC(C4)C2)C3)s1. The van der Waals surface area contributed by atoms with Crippen LogP contribution in [0.4, 0.5) is 10.8 Å². The first-order chi connectivity index (χ1) is 14.1. The summed E-state index contributed by atoms with van der Waals surface area (Å²) in [7, 11) is 1.64. The van der Waals surface area contributed by atoms with E-state index in [0.717, 1.165) is 33.5 Å². The van der Waals surface area contributed by atoms with Crippen LogP contribution in [-0.4, -0.2) is 34.5 Å². The van der Waals surface area contributed by atoms with E-state index in [2.05, 4.69) is 20.8 Å². The Morgan fingerprint density at radius 3 is 2.55 bits per heavy atom. The second-order valence-electron chi connectivity index (χ2n) is 8.73. The van der Waals surface area contributed by atoms with Gasteiger partial charge in [0.25, 0.3) is 0 Å². The van der Waals surface area contributed by atoms with Crippen molar-refractivity contribution in [2.75, 3.05) is 18.2 Å². The predicted octanol–water partition coefficient (Wildman–Crippen LogP) is 4.47. The van der Waals surface area contributed by atoms with E-state index in [1.165, 1.54) is 61.6 Å². The number of amides is 1. The lowest BCUT2D eigenvalue weighted by Gasteiger charge is -2.56. The van der Waals surface area contributed by atoms with Crippen molar-refractivity contribution in [1.29, 1.82) is 0 Å². The van der Waals surface area contributed by atoms with Crippen LogP contribution in [-0.2, 0) is 4.79 Å². The van der Waals surface area contributed by atoms with Crippen molar-refractivity contribution in [3.63, 3.8) is 0 Å². The number of ether oxygens (including phenoxy) is 1. The van der Waals surface area contributed by atoms with Crippen LogP contribution in [0.2, 0.25) is 0 Å². The van der Waals surface area contributed by atoms with E-state index in [1.54, 1.807) is 7.11 Å². The summed E-state index contributed by atoms with van der Waals surface area (Å²) < 4.78 is 6.15. The van der Waals surface area contributed by atoms with Crippen molar-refractivity contribution in [2.24, 2.45) is 17.8 Å². The van der Waals surface area contributed by atoms with Gasteiger partial charge >= 0.3 is 0 Å². The zero-order valence-electron chi connectivity index (χ0n) is 16.5. The van der Waals surface area contributed by atoms with E-state index in [4.69, 9.17) is 4.74 Å². The lowest BCUT2D eigenvalue weighted by atomic mass is 9.53. The van der Waals surface area contributed by atoms with Gasteiger partial charge in [-0.3, -0.25) is 4.79 Å². The van der Waals surface area contributed by atoms with E-state index in [1.807, 2.05) is 24.3 Å². The highest BCUT2D eigenvalue weighted by atomic mass is 32.2. The summed E-state index contributed by atoms with van der Waals surface area (Å²) in [5, 5.41) is 15.8. The van der Waals surface area contributed by atoms with Crippen molar-refractivity contribution >= 4 is 39.8 Å². The number of methoxy groups -OCH3 is 1. The number of carbonyl (C=O) groups excluding carboxylic acids is 1. The smallest absolute Gasteiger partial charge is 0.230 e. The molecule has 4 aliphatic carbocycles. The summed E-state index contributed by atoms with van der Waals surface area (Å²) in [6, 6.07) is 7.70. The van der Waals surface area contributed by atoms with Gasteiger partial charge in [0.15, 0.2) is 4.34 Å². The first kappa shape index (κ1) is 19.2. The van der Waals surface area contributed by atoms with Gasteiger partial charge in [0, 0.05) is 5.54 Å². The Bertz CT molecular complexity index is 865. The number of nitrogens with one attached hydrogen (secondary N) is 2. The maximum Gasteiger partial charge on any atom is 0.230 e. The van der Waals surface area contributed by atoms with Gasteiger partial charge < -0.3 is 15.4 Å². The van der Waals surface area contributed by atoms with E-state index in [-0.39, 0.29) is 11.4 Å². The van der Waals surface area contributed by atoms with E-state index in [0.29, 0.717) is 10.9 Å². The fourth-order valence-electron chi connectivity index (χ4n) is 5.90. The summed E-state index contributed by atoms with van der Waals surface area (Å²) in [5.41, 5.74) is 0.923. The van der Waals surface area contributed by atoms with Crippen molar-refractivity contribution in [2.45, 2.75) is 48.4 Å². The Kier molecular flexibility index (Phi) is 5.16. The second-order valence-corrected chi connectivity index (χ2v) is 10.9. The molecule has 0 radical (unpaired) electrons. The molecule has 4 aliphatic rings. The molecule has 0 saturated heterocycles. The molecule has 0 spiro atoms. The summed E-state index contributed by atoms with van der Waals surface area (Å²) >= 11 is 2.91. The van der Waals surface area contributed by atoms with Crippen LogP contribution in [0.15, 0.2) is 28.6 Å². The lowest BCUT2D eigenvalue weighted by Crippen LogP contribution is -2.60. The number of para-hydroxylation sites is 2. The van der Waals surface area contributed by atoms with Crippen LogP contribution >= 0.6 is 23.1 Å². The number of nitrogens with zero attached hydrogens (tertiary/aromatic N) is 2. The van der Waals surface area contributed by atoms with Crippen molar-refractivity contribution < 1.29 is 9.53 Å². The Morgan fingerprint density at radius 2 is 1.86 bits per heavy atom. The van der Waals surface area contributed by atoms with Crippen LogP contribution in [0, 0.1) is 17.8 Å². The van der Waals surface area contributed by atoms with Crippen LogP contribution < -0.4 is 15.4 Å². The molecule has 154 valence electrons. The average Bonchev–Trinajstić information content (AvgIpc) is 3.13. The van der Waals surface area contributed by atoms with Crippen molar-refractivity contribution in [3.05, 3.63) is 24.3 Å². The number of anilines is 2. The molecule has 4 saturated carbocycles. The van der Waals surface area contributed by atoms with Crippen molar-refractivity contribution in [3.8, 4) is 5.75 Å². The third-order valence-corrected chi connectivity index (χ3v) is 8.50. The number of aromatic nitrogens is 2. The van der Waals surface area contributed by atoms with E-state index >= 15 is 0 Å². The number of carbonyl (C=O) groups is 1. The summed E-state index contributed by atoms with van der Waals surface area (Å²) in [6.07, 6.45) is 7.70. The van der Waals surface area contributed by atoms with Crippen LogP contribution in [0.3, 0.4) is 0 Å². The monoisotopic (exact) mass is 430 g/mol. The average molecular weight is 431 g/mol. The molecule has 2 aromatic rings. The zero-order chi connectivity index (χ0) is 19.8. The zero-order valence-corrected chi connectivity index (χ0v) is 18.2. The highest BCUT2D eigenvalue weighted by Crippen LogP contribution is 2.55. The molecule has 2 N–H and O–H groups in total. The van der Waals surface area contributed by atoms with Crippen LogP contribution in [0.5, 0.6) is 5.75 Å². The Labute approximate surface area is 179 Å². The number of rotatable bonds is 7. The fraction of sp³-hybridized carbons (Fsp3) is 0.571. The number of hydrogen-bond acceptors (Lipinski definition) is 7. The van der Waals surface area contributed by atoms with Gasteiger partial charge in [0.1, 0.15) is 5.75 Å². The molecule has 4 fully saturated rings. The van der Waals surface area contributed by atoms with Gasteiger partial charge in [-0.05, 0) is 68.4 Å². The minimum atomic E-state index is 0.0735. The Morgan fingerprint density at radius 1 is 1.17 bits per heavy atom. The van der Waals surface area contributed by atoms with Gasteiger partial charge in [0.05, 0.1) is 18.6 Å². The third-order valence-electron chi connectivity index (χ3n) is 6.52. The molecular formula is C21H26N4O2S2. The largest absolute Gasteiger partial charge is 0.495 e. The Hall–Kier alpha value is -1.80. The van der Waals surface area contributed by atoms with Gasteiger partial charge in [-0.25, -0.2) is 0 Å². The standard InChI is InChI=1S/C21H26N4O2S2/c1-27-17-5-3-2-4-16(17)22-19-24-25-20(29-19)28-12-18(26)23-21-9-13-6-14(10-21)8-15(7-13)11-21/h2-5,13-15H,6-12H2,1H3,(H,22,24)(H,23,26). The molecule has 1 aromatic heterocycles. The second kappa shape index (κ2) is 7.80. The number of hydrogen-bond donors (Lipinski definition) is 2. The summed E-state index contributed by atoms with van der Waals surface area (Å²) in [5.74, 6) is 3.78. The number of thioether (sulfide) groups is 1. The van der Waals surface area contributed by atoms with Gasteiger partial charge in [-0.15, -0.1) is 10.2 Å². The maximum absolute atomic E-state index is 12.7. The topological polar surface area (TPSA) is 76.1 Å². The summed E-state index contributed by atoms with van der Waals surface area (Å²) in [4.78, 5) is 12.7. The normalized spacial score (nSPS) is 29.6. The highest BCUT2D eigenvalue weighted by molar-refractivity contribution is 8.01. The molecule has 6 rings (SSSR count). The predicted molar refractivity (Wildman–Crippen MR) is 116 cm³/mol. The van der Waals surface area contributed by atoms with Gasteiger partial charge in [0.2, 0.25) is 11.0 Å². The lowest BCUT2D eigenvalue weighted by molar-refractivity contribution is -0.124. The molecule has 0 unspecified atom stereocenters. The molecule has 0 aliphatic heterocycles. The highest BCUT2D eigenvalue weighted by Gasteiger charge is 2.51. The molecule has 1 aromatic carbocycles. The summed E-state index contributed by atoms with van der Waals surface area (Å²) in [6.45, 7) is 0. The Balaban J connectivity index is 1.16. The molecule has 6 nitrogen and oxygen atoms in total. The maximum atomic E-state index is 12.7. The number of benzene rings is 1.